The predicted molar refractivity (Wildman–Crippen MR) is 121 cm³/mol. The molecule has 0 aliphatic rings. The molecule has 0 aromatic carbocycles. The van der Waals surface area contributed by atoms with Crippen LogP contribution in [0.3, 0.4) is 0 Å². The van der Waals surface area contributed by atoms with Crippen LogP contribution in [0.2, 0.25) is 0 Å². The van der Waals surface area contributed by atoms with Gasteiger partial charge in [-0.3, -0.25) is 4.79 Å². The number of aryl methyl sites for hydroxylation is 2. The van der Waals surface area contributed by atoms with Crippen molar-refractivity contribution in [3.63, 3.8) is 0 Å². The van der Waals surface area contributed by atoms with Gasteiger partial charge in [0.15, 0.2) is 0 Å². The summed E-state index contributed by atoms with van der Waals surface area (Å²) in [6.07, 6.45) is 3.28. The van der Waals surface area contributed by atoms with Gasteiger partial charge in [0, 0.05) is 48.3 Å². The topological polar surface area (TPSA) is 82.4 Å². The Kier molecular flexibility index (Phi) is 7.53. The van der Waals surface area contributed by atoms with E-state index in [0.717, 1.165) is 11.3 Å². The normalized spacial score (nSPS) is 11.3. The summed E-state index contributed by atoms with van der Waals surface area (Å²) in [4.78, 5) is 26.6. The number of nitrogens with zero attached hydrogens (tertiary/aromatic N) is 5. The lowest BCUT2D eigenvalue weighted by atomic mass is 10.2. The van der Waals surface area contributed by atoms with Crippen molar-refractivity contribution in [2.24, 2.45) is 0 Å². The Morgan fingerprint density at radius 1 is 1.26 bits per heavy atom. The van der Waals surface area contributed by atoms with Crippen LogP contribution in [-0.2, 0) is 16.1 Å². The van der Waals surface area contributed by atoms with E-state index in [1.165, 1.54) is 9.75 Å². The van der Waals surface area contributed by atoms with Crippen LogP contribution in [-0.4, -0.2) is 64.0 Å². The highest BCUT2D eigenvalue weighted by molar-refractivity contribution is 7.12. The maximum Gasteiger partial charge on any atom is 0.257 e. The van der Waals surface area contributed by atoms with Crippen LogP contribution in [0.4, 0.5) is 0 Å². The summed E-state index contributed by atoms with van der Waals surface area (Å²) in [5, 5.41) is 4.45. The van der Waals surface area contributed by atoms with Crippen molar-refractivity contribution in [3.05, 3.63) is 45.5 Å². The molecule has 3 aromatic heterocycles. The summed E-state index contributed by atoms with van der Waals surface area (Å²) in [7, 11) is 3.21. The van der Waals surface area contributed by atoms with Crippen LogP contribution in [0.15, 0.2) is 24.5 Å². The van der Waals surface area contributed by atoms with E-state index < -0.39 is 0 Å². The minimum absolute atomic E-state index is 0.0192. The van der Waals surface area contributed by atoms with Gasteiger partial charge >= 0.3 is 0 Å². The Labute approximate surface area is 186 Å². The van der Waals surface area contributed by atoms with Crippen LogP contribution in [0.1, 0.15) is 39.7 Å². The first kappa shape index (κ1) is 23.1. The van der Waals surface area contributed by atoms with E-state index in [1.807, 2.05) is 19.9 Å². The molecule has 0 unspecified atom stereocenters. The number of carbonyl (C=O) groups is 1. The first-order chi connectivity index (χ1) is 14.9. The first-order valence-electron chi connectivity index (χ1n) is 10.1. The SMILES string of the molecule is COCCN(C(=O)c1cnn(-c2nccc(-c3cc(C)sc3C)n2)c1COC)C(C)C. The molecule has 0 atom stereocenters. The van der Waals surface area contributed by atoms with Crippen molar-refractivity contribution < 1.29 is 14.3 Å². The minimum Gasteiger partial charge on any atom is -0.383 e. The number of rotatable bonds is 9. The lowest BCUT2D eigenvalue weighted by molar-refractivity contribution is 0.0630. The number of hydrogen-bond acceptors (Lipinski definition) is 7. The molecule has 0 saturated carbocycles. The zero-order valence-electron chi connectivity index (χ0n) is 18.9. The van der Waals surface area contributed by atoms with Crippen LogP contribution < -0.4 is 0 Å². The molecular weight excluding hydrogens is 414 g/mol. The van der Waals surface area contributed by atoms with Gasteiger partial charge in [0.25, 0.3) is 11.9 Å². The second-order valence-electron chi connectivity index (χ2n) is 7.50. The fourth-order valence-corrected chi connectivity index (χ4v) is 4.36. The molecule has 3 rings (SSSR count). The second-order valence-corrected chi connectivity index (χ2v) is 8.96. The zero-order valence-corrected chi connectivity index (χ0v) is 19.7. The van der Waals surface area contributed by atoms with Gasteiger partial charge in [0.2, 0.25) is 0 Å². The number of aromatic nitrogens is 4. The van der Waals surface area contributed by atoms with Crippen molar-refractivity contribution in [1.29, 1.82) is 0 Å². The van der Waals surface area contributed by atoms with Crippen molar-refractivity contribution >= 4 is 17.2 Å². The van der Waals surface area contributed by atoms with E-state index in [1.54, 1.807) is 47.5 Å². The van der Waals surface area contributed by atoms with Gasteiger partial charge in [-0.1, -0.05) is 0 Å². The standard InChI is InChI=1S/C22H29N5O3S/c1-14(2)26(9-10-29-5)21(28)18-12-24-27(20(18)13-30-6)22-23-8-7-19(25-22)17-11-15(3)31-16(17)4/h7-8,11-12,14H,9-10,13H2,1-6H3. The van der Waals surface area contributed by atoms with Crippen LogP contribution in [0.5, 0.6) is 0 Å². The highest BCUT2D eigenvalue weighted by atomic mass is 32.1. The monoisotopic (exact) mass is 443 g/mol. The van der Waals surface area contributed by atoms with Gasteiger partial charge in [-0.05, 0) is 39.8 Å². The molecule has 3 heterocycles. The molecule has 3 aromatic rings. The summed E-state index contributed by atoms with van der Waals surface area (Å²) in [6, 6.07) is 4.02. The maximum atomic E-state index is 13.3. The molecule has 0 N–H and O–H groups in total. The number of amides is 1. The van der Waals surface area contributed by atoms with Gasteiger partial charge < -0.3 is 14.4 Å². The highest BCUT2D eigenvalue weighted by Crippen LogP contribution is 2.29. The summed E-state index contributed by atoms with van der Waals surface area (Å²) < 4.78 is 12.1. The average Bonchev–Trinajstić information content (AvgIpc) is 3.31. The largest absolute Gasteiger partial charge is 0.383 e. The lowest BCUT2D eigenvalue weighted by Crippen LogP contribution is -2.39. The van der Waals surface area contributed by atoms with Gasteiger partial charge in [-0.2, -0.15) is 9.78 Å². The lowest BCUT2D eigenvalue weighted by Gasteiger charge is -2.26. The molecule has 0 bridgehead atoms. The van der Waals surface area contributed by atoms with Crippen molar-refractivity contribution in [3.8, 4) is 17.2 Å². The van der Waals surface area contributed by atoms with E-state index in [9.17, 15) is 4.79 Å². The van der Waals surface area contributed by atoms with Crippen LogP contribution in [0, 0.1) is 13.8 Å². The second kappa shape index (κ2) is 10.1. The van der Waals surface area contributed by atoms with Crippen molar-refractivity contribution in [1.82, 2.24) is 24.6 Å². The number of methoxy groups -OCH3 is 2. The molecule has 31 heavy (non-hydrogen) atoms. The third-order valence-electron chi connectivity index (χ3n) is 4.95. The van der Waals surface area contributed by atoms with Crippen molar-refractivity contribution in [2.75, 3.05) is 27.4 Å². The third kappa shape index (κ3) is 5.00. The Bertz CT molecular complexity index is 1040. The Hall–Kier alpha value is -2.62. The Morgan fingerprint density at radius 3 is 2.65 bits per heavy atom. The third-order valence-corrected chi connectivity index (χ3v) is 5.92. The maximum absolute atomic E-state index is 13.3. The van der Waals surface area contributed by atoms with Crippen LogP contribution in [0.25, 0.3) is 17.2 Å². The van der Waals surface area contributed by atoms with E-state index in [4.69, 9.17) is 14.5 Å². The number of carbonyl (C=O) groups excluding carboxylic acids is 1. The molecule has 0 saturated heterocycles. The smallest absolute Gasteiger partial charge is 0.257 e. The molecule has 9 heteroatoms. The summed E-state index contributed by atoms with van der Waals surface area (Å²) >= 11 is 1.73. The Morgan fingerprint density at radius 2 is 2.03 bits per heavy atom. The van der Waals surface area contributed by atoms with Gasteiger partial charge in [0.05, 0.1) is 36.4 Å². The molecule has 0 fully saturated rings. The van der Waals surface area contributed by atoms with E-state index >= 15 is 0 Å². The molecular formula is C22H29N5O3S. The predicted octanol–water partition coefficient (Wildman–Crippen LogP) is 3.65. The first-order valence-corrected chi connectivity index (χ1v) is 11.0. The molecule has 8 nitrogen and oxygen atoms in total. The van der Waals surface area contributed by atoms with E-state index in [-0.39, 0.29) is 18.6 Å². The van der Waals surface area contributed by atoms with Crippen molar-refractivity contribution in [2.45, 2.75) is 40.3 Å². The number of ether oxygens (including phenoxy) is 2. The average molecular weight is 444 g/mol. The molecule has 0 aliphatic carbocycles. The molecule has 1 amide bonds. The van der Waals surface area contributed by atoms with Gasteiger partial charge in [0.1, 0.15) is 0 Å². The zero-order chi connectivity index (χ0) is 22.5. The fraction of sp³-hybridized carbons (Fsp3) is 0.455. The highest BCUT2D eigenvalue weighted by Gasteiger charge is 2.25. The fourth-order valence-electron chi connectivity index (χ4n) is 3.42. The molecule has 0 radical (unpaired) electrons. The summed E-state index contributed by atoms with van der Waals surface area (Å²) in [5.74, 6) is 0.283. The van der Waals surface area contributed by atoms with Crippen LogP contribution >= 0.6 is 11.3 Å². The molecule has 166 valence electrons. The molecule has 0 spiro atoms. The number of hydrogen-bond donors (Lipinski definition) is 0. The van der Waals surface area contributed by atoms with Gasteiger partial charge in [-0.15, -0.1) is 11.3 Å². The van der Waals surface area contributed by atoms with E-state index in [0.29, 0.717) is 30.4 Å². The summed E-state index contributed by atoms with van der Waals surface area (Å²) in [6.45, 7) is 9.28. The van der Waals surface area contributed by atoms with E-state index in [2.05, 4.69) is 30.0 Å². The quantitative estimate of drug-likeness (QED) is 0.502. The van der Waals surface area contributed by atoms with Gasteiger partial charge in [-0.25, -0.2) is 9.97 Å². The summed E-state index contributed by atoms with van der Waals surface area (Å²) in [5.41, 5.74) is 2.99. The minimum atomic E-state index is -0.120. The number of thiophene rings is 1. The Balaban J connectivity index is 2.02. The molecule has 0 aliphatic heterocycles.